The Kier molecular flexibility index (Phi) is 7.30. The van der Waals surface area contributed by atoms with E-state index in [1.807, 2.05) is 12.1 Å². The SMILES string of the molecule is CCOC(=O)c1cccc(CC(=O)C(CC(C)C)C(C)C)c1. The van der Waals surface area contributed by atoms with Crippen LogP contribution in [-0.2, 0) is 16.0 Å². The highest BCUT2D eigenvalue weighted by atomic mass is 16.5. The average Bonchev–Trinajstić information content (AvgIpc) is 2.44. The number of esters is 1. The fraction of sp³-hybridized carbons (Fsp3) is 0.579. The maximum atomic E-state index is 12.6. The highest BCUT2D eigenvalue weighted by Gasteiger charge is 2.23. The minimum Gasteiger partial charge on any atom is -0.462 e. The quantitative estimate of drug-likeness (QED) is 0.673. The molecule has 1 aromatic rings. The molecule has 1 unspecified atom stereocenters. The minimum absolute atomic E-state index is 0.0752. The molecule has 0 aliphatic rings. The van der Waals surface area contributed by atoms with Crippen molar-refractivity contribution < 1.29 is 14.3 Å². The summed E-state index contributed by atoms with van der Waals surface area (Å²) in [4.78, 5) is 24.3. The van der Waals surface area contributed by atoms with Crippen LogP contribution >= 0.6 is 0 Å². The van der Waals surface area contributed by atoms with Gasteiger partial charge in [-0.05, 0) is 42.9 Å². The summed E-state index contributed by atoms with van der Waals surface area (Å²) in [7, 11) is 0. The van der Waals surface area contributed by atoms with Gasteiger partial charge in [0, 0.05) is 12.3 Å². The Morgan fingerprint density at radius 2 is 1.82 bits per heavy atom. The number of Topliss-reactive ketones (excluding diaryl/α,β-unsaturated/α-hetero) is 1. The summed E-state index contributed by atoms with van der Waals surface area (Å²) in [5.74, 6) is 0.834. The van der Waals surface area contributed by atoms with E-state index >= 15 is 0 Å². The van der Waals surface area contributed by atoms with Crippen LogP contribution in [0.4, 0.5) is 0 Å². The summed E-state index contributed by atoms with van der Waals surface area (Å²) in [5.41, 5.74) is 1.39. The predicted molar refractivity (Wildman–Crippen MR) is 88.9 cm³/mol. The predicted octanol–water partition coefficient (Wildman–Crippen LogP) is 4.29. The fourth-order valence-electron chi connectivity index (χ4n) is 2.64. The molecule has 0 heterocycles. The van der Waals surface area contributed by atoms with Crippen molar-refractivity contribution in [2.45, 2.75) is 47.5 Å². The smallest absolute Gasteiger partial charge is 0.338 e. The molecule has 0 aliphatic heterocycles. The van der Waals surface area contributed by atoms with E-state index in [0.717, 1.165) is 12.0 Å². The summed E-state index contributed by atoms with van der Waals surface area (Å²) in [6.07, 6.45) is 1.29. The number of hydrogen-bond donors (Lipinski definition) is 0. The van der Waals surface area contributed by atoms with Crippen molar-refractivity contribution in [3.05, 3.63) is 35.4 Å². The molecule has 22 heavy (non-hydrogen) atoms. The van der Waals surface area contributed by atoms with Gasteiger partial charge in [-0.3, -0.25) is 4.79 Å². The first-order chi connectivity index (χ1) is 10.3. The Labute approximate surface area is 134 Å². The van der Waals surface area contributed by atoms with Crippen LogP contribution in [0.5, 0.6) is 0 Å². The van der Waals surface area contributed by atoms with E-state index in [1.165, 1.54) is 0 Å². The largest absolute Gasteiger partial charge is 0.462 e. The van der Waals surface area contributed by atoms with Crippen LogP contribution in [0.25, 0.3) is 0 Å². The third-order valence-corrected chi connectivity index (χ3v) is 3.76. The molecule has 0 N–H and O–H groups in total. The van der Waals surface area contributed by atoms with Gasteiger partial charge in [0.2, 0.25) is 0 Å². The van der Waals surface area contributed by atoms with E-state index in [-0.39, 0.29) is 17.7 Å². The molecule has 0 fully saturated rings. The molecule has 0 saturated heterocycles. The van der Waals surface area contributed by atoms with E-state index in [9.17, 15) is 9.59 Å². The molecule has 3 nitrogen and oxygen atoms in total. The van der Waals surface area contributed by atoms with Gasteiger partial charge in [0.05, 0.1) is 12.2 Å². The first-order valence-electron chi connectivity index (χ1n) is 8.13. The molecule has 3 heteroatoms. The van der Waals surface area contributed by atoms with Gasteiger partial charge < -0.3 is 4.74 Å². The fourth-order valence-corrected chi connectivity index (χ4v) is 2.64. The van der Waals surface area contributed by atoms with Crippen molar-refractivity contribution in [2.75, 3.05) is 6.61 Å². The van der Waals surface area contributed by atoms with Gasteiger partial charge in [-0.15, -0.1) is 0 Å². The van der Waals surface area contributed by atoms with Gasteiger partial charge in [-0.1, -0.05) is 39.8 Å². The van der Waals surface area contributed by atoms with Crippen molar-refractivity contribution in [1.29, 1.82) is 0 Å². The van der Waals surface area contributed by atoms with E-state index in [4.69, 9.17) is 4.74 Å². The molecule has 1 aromatic carbocycles. The lowest BCUT2D eigenvalue weighted by Gasteiger charge is -2.21. The van der Waals surface area contributed by atoms with E-state index in [2.05, 4.69) is 27.7 Å². The van der Waals surface area contributed by atoms with Crippen LogP contribution < -0.4 is 0 Å². The number of rotatable bonds is 8. The van der Waals surface area contributed by atoms with Crippen LogP contribution in [-0.4, -0.2) is 18.4 Å². The van der Waals surface area contributed by atoms with Gasteiger partial charge in [0.15, 0.2) is 0 Å². The zero-order valence-electron chi connectivity index (χ0n) is 14.4. The molecule has 0 amide bonds. The Hall–Kier alpha value is -1.64. The second kappa shape index (κ2) is 8.72. The van der Waals surface area contributed by atoms with Crippen molar-refractivity contribution in [3.8, 4) is 0 Å². The first-order valence-corrected chi connectivity index (χ1v) is 8.13. The molecular formula is C19H28O3. The van der Waals surface area contributed by atoms with Crippen molar-refractivity contribution in [3.63, 3.8) is 0 Å². The van der Waals surface area contributed by atoms with Gasteiger partial charge in [-0.2, -0.15) is 0 Å². The third-order valence-electron chi connectivity index (χ3n) is 3.76. The standard InChI is InChI=1S/C19H28O3/c1-6-22-19(21)16-9-7-8-15(11-16)12-18(20)17(14(4)5)10-13(2)3/h7-9,11,13-14,17H,6,10,12H2,1-5H3. The second-order valence-electron chi connectivity index (χ2n) is 6.54. The lowest BCUT2D eigenvalue weighted by Crippen LogP contribution is -2.24. The van der Waals surface area contributed by atoms with Crippen LogP contribution in [0.15, 0.2) is 24.3 Å². The van der Waals surface area contributed by atoms with Crippen LogP contribution in [0, 0.1) is 17.8 Å². The molecule has 0 saturated carbocycles. The zero-order chi connectivity index (χ0) is 16.7. The van der Waals surface area contributed by atoms with E-state index < -0.39 is 0 Å². The average molecular weight is 304 g/mol. The number of ether oxygens (including phenoxy) is 1. The molecule has 0 aliphatic carbocycles. The van der Waals surface area contributed by atoms with Gasteiger partial charge >= 0.3 is 5.97 Å². The Balaban J connectivity index is 2.82. The summed E-state index contributed by atoms with van der Waals surface area (Å²) in [5, 5.41) is 0. The molecular weight excluding hydrogens is 276 g/mol. The number of carbonyl (C=O) groups is 2. The molecule has 122 valence electrons. The monoisotopic (exact) mass is 304 g/mol. The topological polar surface area (TPSA) is 43.4 Å². The highest BCUT2D eigenvalue weighted by molar-refractivity contribution is 5.90. The Morgan fingerprint density at radius 3 is 2.36 bits per heavy atom. The first kappa shape index (κ1) is 18.4. The molecule has 1 atom stereocenters. The second-order valence-corrected chi connectivity index (χ2v) is 6.54. The molecule has 1 rings (SSSR count). The van der Waals surface area contributed by atoms with Crippen molar-refractivity contribution in [2.24, 2.45) is 17.8 Å². The number of ketones is 1. The van der Waals surface area contributed by atoms with Crippen LogP contribution in [0.1, 0.15) is 57.0 Å². The number of benzene rings is 1. The van der Waals surface area contributed by atoms with Gasteiger partial charge in [0.1, 0.15) is 5.78 Å². The lowest BCUT2D eigenvalue weighted by molar-refractivity contribution is -0.124. The maximum absolute atomic E-state index is 12.6. The van der Waals surface area contributed by atoms with Crippen LogP contribution in [0.3, 0.4) is 0 Å². The van der Waals surface area contributed by atoms with Crippen LogP contribution in [0.2, 0.25) is 0 Å². The zero-order valence-corrected chi connectivity index (χ0v) is 14.4. The summed E-state index contributed by atoms with van der Waals surface area (Å²) in [6.45, 7) is 10.6. The summed E-state index contributed by atoms with van der Waals surface area (Å²) >= 11 is 0. The summed E-state index contributed by atoms with van der Waals surface area (Å²) in [6, 6.07) is 7.19. The van der Waals surface area contributed by atoms with Crippen molar-refractivity contribution >= 4 is 11.8 Å². The summed E-state index contributed by atoms with van der Waals surface area (Å²) < 4.78 is 5.00. The lowest BCUT2D eigenvalue weighted by atomic mass is 9.82. The Morgan fingerprint density at radius 1 is 1.14 bits per heavy atom. The third kappa shape index (κ3) is 5.63. The normalized spacial score (nSPS) is 12.5. The van der Waals surface area contributed by atoms with E-state index in [1.54, 1.807) is 19.1 Å². The number of carbonyl (C=O) groups excluding carboxylic acids is 2. The Bertz CT molecular complexity index is 503. The minimum atomic E-state index is -0.334. The molecule has 0 bridgehead atoms. The van der Waals surface area contributed by atoms with E-state index in [0.29, 0.717) is 30.4 Å². The van der Waals surface area contributed by atoms with Gasteiger partial charge in [0.25, 0.3) is 0 Å². The van der Waals surface area contributed by atoms with Gasteiger partial charge in [-0.25, -0.2) is 4.79 Å². The van der Waals surface area contributed by atoms with Crippen molar-refractivity contribution in [1.82, 2.24) is 0 Å². The maximum Gasteiger partial charge on any atom is 0.338 e. The molecule has 0 radical (unpaired) electrons. The molecule has 0 spiro atoms. The number of hydrogen-bond acceptors (Lipinski definition) is 3. The highest BCUT2D eigenvalue weighted by Crippen LogP contribution is 2.23. The molecule has 0 aromatic heterocycles.